The monoisotopic (exact) mass is 345 g/mol. The fourth-order valence-electron chi connectivity index (χ4n) is 3.85. The molecule has 0 heterocycles. The molecule has 0 amide bonds. The summed E-state index contributed by atoms with van der Waals surface area (Å²) in [6, 6.07) is 9.26. The van der Waals surface area contributed by atoms with Crippen molar-refractivity contribution in [2.24, 2.45) is 17.6 Å². The van der Waals surface area contributed by atoms with Gasteiger partial charge in [-0.3, -0.25) is 4.79 Å². The maximum absolute atomic E-state index is 10.7. The lowest BCUT2D eigenvalue weighted by Crippen LogP contribution is -2.22. The molecule has 3 heteroatoms. The molecule has 140 valence electrons. The summed E-state index contributed by atoms with van der Waals surface area (Å²) >= 11 is 0. The first-order valence-electron chi connectivity index (χ1n) is 10.1. The Labute approximate surface area is 153 Å². The number of benzene rings is 1. The molecule has 3 nitrogen and oxygen atoms in total. The molecule has 25 heavy (non-hydrogen) atoms. The highest BCUT2D eigenvalue weighted by molar-refractivity contribution is 5.65. The summed E-state index contributed by atoms with van der Waals surface area (Å²) < 4.78 is 4.95. The van der Waals surface area contributed by atoms with E-state index in [-0.39, 0.29) is 5.97 Å². The Kier molecular flexibility index (Phi) is 9.03. The number of nitrogens with two attached hydrogens (primary N) is 1. The minimum atomic E-state index is -0.174. The zero-order chi connectivity index (χ0) is 17.9. The molecule has 2 rings (SSSR count). The van der Waals surface area contributed by atoms with Crippen LogP contribution in [0, 0.1) is 11.8 Å². The van der Waals surface area contributed by atoms with Gasteiger partial charge in [-0.1, -0.05) is 37.1 Å². The highest BCUT2D eigenvalue weighted by Crippen LogP contribution is 2.30. The average Bonchev–Trinajstić information content (AvgIpc) is 2.62. The Morgan fingerprint density at radius 2 is 1.56 bits per heavy atom. The lowest BCUT2D eigenvalue weighted by atomic mass is 9.79. The van der Waals surface area contributed by atoms with E-state index in [0.29, 0.717) is 6.61 Å². The molecule has 2 N–H and O–H groups in total. The van der Waals surface area contributed by atoms with Crippen molar-refractivity contribution in [1.29, 1.82) is 0 Å². The molecule has 1 saturated carbocycles. The molecule has 0 spiro atoms. The van der Waals surface area contributed by atoms with E-state index in [4.69, 9.17) is 10.5 Å². The molecular formula is C22H35NO2. The Morgan fingerprint density at radius 3 is 2.20 bits per heavy atom. The van der Waals surface area contributed by atoms with Crippen LogP contribution in [0.15, 0.2) is 24.3 Å². The van der Waals surface area contributed by atoms with Crippen molar-refractivity contribution in [1.82, 2.24) is 0 Å². The smallest absolute Gasteiger partial charge is 0.302 e. The minimum Gasteiger partial charge on any atom is -0.466 e. The van der Waals surface area contributed by atoms with E-state index in [2.05, 4.69) is 24.3 Å². The van der Waals surface area contributed by atoms with Crippen LogP contribution in [0.5, 0.6) is 0 Å². The van der Waals surface area contributed by atoms with Crippen molar-refractivity contribution in [3.8, 4) is 0 Å². The van der Waals surface area contributed by atoms with E-state index in [1.165, 1.54) is 63.0 Å². The molecule has 0 atom stereocenters. The number of esters is 1. The van der Waals surface area contributed by atoms with Crippen LogP contribution in [0.25, 0.3) is 0 Å². The van der Waals surface area contributed by atoms with Gasteiger partial charge in [0.05, 0.1) is 6.61 Å². The summed E-state index contributed by atoms with van der Waals surface area (Å²) in [7, 11) is 0. The first kappa shape index (κ1) is 20.0. The van der Waals surface area contributed by atoms with Gasteiger partial charge in [-0.05, 0) is 80.9 Å². The molecule has 0 radical (unpaired) electrons. The third kappa shape index (κ3) is 8.04. The van der Waals surface area contributed by atoms with Gasteiger partial charge in [0.2, 0.25) is 0 Å². The molecule has 0 bridgehead atoms. The second kappa shape index (κ2) is 11.3. The van der Waals surface area contributed by atoms with Crippen LogP contribution < -0.4 is 5.73 Å². The van der Waals surface area contributed by atoms with Crippen LogP contribution in [0.1, 0.15) is 69.4 Å². The zero-order valence-corrected chi connectivity index (χ0v) is 15.8. The fourth-order valence-corrected chi connectivity index (χ4v) is 3.85. The van der Waals surface area contributed by atoms with Crippen LogP contribution >= 0.6 is 0 Å². The highest BCUT2D eigenvalue weighted by Gasteiger charge is 2.20. The molecule has 1 aliphatic rings. The molecule has 0 saturated heterocycles. The summed E-state index contributed by atoms with van der Waals surface area (Å²) in [6.45, 7) is 2.90. The molecule has 1 aliphatic carbocycles. The summed E-state index contributed by atoms with van der Waals surface area (Å²) in [5.41, 5.74) is 8.71. The van der Waals surface area contributed by atoms with E-state index in [1.807, 2.05) is 0 Å². The van der Waals surface area contributed by atoms with Crippen molar-refractivity contribution >= 4 is 5.97 Å². The average molecular weight is 346 g/mol. The lowest BCUT2D eigenvalue weighted by Gasteiger charge is -2.27. The van der Waals surface area contributed by atoms with Gasteiger partial charge in [0.1, 0.15) is 0 Å². The molecular weight excluding hydrogens is 310 g/mol. The summed E-state index contributed by atoms with van der Waals surface area (Å²) in [5.74, 6) is 1.45. The number of rotatable bonds is 10. The molecule has 0 aromatic heterocycles. The molecule has 1 fully saturated rings. The number of carbonyl (C=O) groups excluding carboxylic acids is 1. The number of aryl methyl sites for hydroxylation is 1. The predicted molar refractivity (Wildman–Crippen MR) is 103 cm³/mol. The van der Waals surface area contributed by atoms with E-state index < -0.39 is 0 Å². The summed E-state index contributed by atoms with van der Waals surface area (Å²) in [6.07, 6.45) is 12.2. The number of hydrogen-bond acceptors (Lipinski definition) is 3. The lowest BCUT2D eigenvalue weighted by molar-refractivity contribution is -0.141. The number of hydrogen-bond donors (Lipinski definition) is 1. The Hall–Kier alpha value is -1.35. The molecule has 1 aromatic carbocycles. The van der Waals surface area contributed by atoms with Gasteiger partial charge in [0.25, 0.3) is 0 Å². The van der Waals surface area contributed by atoms with Crippen molar-refractivity contribution < 1.29 is 9.53 Å². The van der Waals surface area contributed by atoms with Crippen LogP contribution in [-0.2, 0) is 22.4 Å². The normalized spacial score (nSPS) is 20.4. The van der Waals surface area contributed by atoms with E-state index >= 15 is 0 Å². The number of ether oxygens (including phenoxy) is 1. The fraction of sp³-hybridized carbons (Fsp3) is 0.682. The van der Waals surface area contributed by atoms with E-state index in [1.54, 1.807) is 0 Å². The second-order valence-corrected chi connectivity index (χ2v) is 7.65. The standard InChI is InChI=1S/C22H35NO2/c1-18(24)25-15-5-3-2-4-6-19-7-9-20(10-8-19)16-21-11-13-22(17-23)14-12-21/h7-10,21-22H,2-6,11-17,23H2,1H3. The first-order chi connectivity index (χ1) is 12.2. The highest BCUT2D eigenvalue weighted by atomic mass is 16.5. The van der Waals surface area contributed by atoms with Crippen molar-refractivity contribution in [3.63, 3.8) is 0 Å². The van der Waals surface area contributed by atoms with E-state index in [9.17, 15) is 4.79 Å². The van der Waals surface area contributed by atoms with Gasteiger partial charge in [-0.2, -0.15) is 0 Å². The molecule has 0 unspecified atom stereocenters. The first-order valence-corrected chi connectivity index (χ1v) is 10.1. The van der Waals surface area contributed by atoms with Crippen LogP contribution in [0.2, 0.25) is 0 Å². The molecule has 1 aromatic rings. The topological polar surface area (TPSA) is 52.3 Å². The third-order valence-corrected chi connectivity index (χ3v) is 5.51. The van der Waals surface area contributed by atoms with Crippen molar-refractivity contribution in [2.45, 2.75) is 71.1 Å². The Morgan fingerprint density at radius 1 is 0.960 bits per heavy atom. The van der Waals surface area contributed by atoms with Crippen molar-refractivity contribution in [2.75, 3.05) is 13.2 Å². The SMILES string of the molecule is CC(=O)OCCCCCCc1ccc(CC2CCC(CN)CC2)cc1. The zero-order valence-electron chi connectivity index (χ0n) is 15.8. The number of unbranched alkanes of at least 4 members (excludes halogenated alkanes) is 3. The predicted octanol–water partition coefficient (Wildman–Crippen LogP) is 4.66. The quantitative estimate of drug-likeness (QED) is 0.495. The van der Waals surface area contributed by atoms with Gasteiger partial charge < -0.3 is 10.5 Å². The van der Waals surface area contributed by atoms with Gasteiger partial charge in [-0.25, -0.2) is 0 Å². The largest absolute Gasteiger partial charge is 0.466 e. The summed E-state index contributed by atoms with van der Waals surface area (Å²) in [4.78, 5) is 10.7. The third-order valence-electron chi connectivity index (χ3n) is 5.51. The van der Waals surface area contributed by atoms with Crippen LogP contribution in [-0.4, -0.2) is 19.1 Å². The van der Waals surface area contributed by atoms with Crippen molar-refractivity contribution in [3.05, 3.63) is 35.4 Å². The van der Waals surface area contributed by atoms with Gasteiger partial charge in [-0.15, -0.1) is 0 Å². The van der Waals surface area contributed by atoms with Crippen LogP contribution in [0.3, 0.4) is 0 Å². The Bertz CT molecular complexity index is 489. The maximum atomic E-state index is 10.7. The second-order valence-electron chi connectivity index (χ2n) is 7.65. The molecule has 0 aliphatic heterocycles. The van der Waals surface area contributed by atoms with Crippen LogP contribution in [0.4, 0.5) is 0 Å². The van der Waals surface area contributed by atoms with Gasteiger partial charge in [0, 0.05) is 6.92 Å². The van der Waals surface area contributed by atoms with Gasteiger partial charge >= 0.3 is 5.97 Å². The number of carbonyl (C=O) groups is 1. The van der Waals surface area contributed by atoms with E-state index in [0.717, 1.165) is 37.6 Å². The van der Waals surface area contributed by atoms with Gasteiger partial charge in [0.15, 0.2) is 0 Å². The summed E-state index contributed by atoms with van der Waals surface area (Å²) in [5, 5.41) is 0. The Balaban J connectivity index is 1.59. The minimum absolute atomic E-state index is 0.174. The maximum Gasteiger partial charge on any atom is 0.302 e.